The summed E-state index contributed by atoms with van der Waals surface area (Å²) >= 11 is 1.85. The highest BCUT2D eigenvalue weighted by atomic mass is 32.2. The molecule has 1 aliphatic rings. The Morgan fingerprint density at radius 2 is 2.14 bits per heavy atom. The van der Waals surface area contributed by atoms with E-state index >= 15 is 0 Å². The normalized spacial score (nSPS) is 16.9. The van der Waals surface area contributed by atoms with Gasteiger partial charge < -0.3 is 10.3 Å². The minimum atomic E-state index is -0.339. The third-order valence-corrected chi connectivity index (χ3v) is 5.10. The number of hydrogen-bond donors (Lipinski definition) is 2. The second-order valence-corrected chi connectivity index (χ2v) is 6.71. The zero-order chi connectivity index (χ0) is 15.5. The molecule has 0 unspecified atom stereocenters. The monoisotopic (exact) mass is 314 g/mol. The van der Waals surface area contributed by atoms with Gasteiger partial charge in [-0.1, -0.05) is 24.3 Å². The summed E-state index contributed by atoms with van der Waals surface area (Å²) in [6.45, 7) is 2.33. The fraction of sp³-hybridized carbons (Fsp3) is 0.294. The molecule has 2 N–H and O–H groups in total. The van der Waals surface area contributed by atoms with Crippen molar-refractivity contribution in [1.29, 1.82) is 0 Å². The molecule has 0 aliphatic carbocycles. The Hall–Kier alpha value is -2.01. The van der Waals surface area contributed by atoms with Crippen molar-refractivity contribution < 1.29 is 4.79 Å². The van der Waals surface area contributed by atoms with E-state index in [4.69, 9.17) is 0 Å². The van der Waals surface area contributed by atoms with Crippen molar-refractivity contribution in [2.75, 3.05) is 12.3 Å². The third kappa shape index (κ3) is 3.09. The third-order valence-electron chi connectivity index (χ3n) is 3.84. The first-order valence-electron chi connectivity index (χ1n) is 7.32. The average molecular weight is 314 g/mol. The zero-order valence-corrected chi connectivity index (χ0v) is 13.2. The van der Waals surface area contributed by atoms with Gasteiger partial charge in [-0.25, -0.2) is 0 Å². The Kier molecular flexibility index (Phi) is 4.34. The number of benzene rings is 1. The van der Waals surface area contributed by atoms with E-state index < -0.39 is 0 Å². The first-order chi connectivity index (χ1) is 10.6. The van der Waals surface area contributed by atoms with E-state index in [1.54, 1.807) is 19.1 Å². The van der Waals surface area contributed by atoms with Gasteiger partial charge in [-0.3, -0.25) is 9.59 Å². The maximum atomic E-state index is 12.2. The number of thioether (sulfide) groups is 1. The number of aromatic nitrogens is 1. The summed E-state index contributed by atoms with van der Waals surface area (Å²) in [5.74, 6) is 0.743. The van der Waals surface area contributed by atoms with E-state index in [0.29, 0.717) is 6.54 Å². The zero-order valence-electron chi connectivity index (χ0n) is 12.4. The van der Waals surface area contributed by atoms with Crippen LogP contribution in [0.5, 0.6) is 0 Å². The van der Waals surface area contributed by atoms with E-state index in [2.05, 4.69) is 28.5 Å². The molecule has 0 saturated carbocycles. The number of aromatic amines is 1. The van der Waals surface area contributed by atoms with Crippen LogP contribution < -0.4 is 10.9 Å². The smallest absolute Gasteiger partial charge is 0.260 e. The Morgan fingerprint density at radius 1 is 1.32 bits per heavy atom. The first-order valence-corrected chi connectivity index (χ1v) is 8.37. The van der Waals surface area contributed by atoms with Crippen LogP contribution in [-0.2, 0) is 6.42 Å². The number of amides is 1. The molecule has 22 heavy (non-hydrogen) atoms. The van der Waals surface area contributed by atoms with Gasteiger partial charge in [0.25, 0.3) is 11.5 Å². The summed E-state index contributed by atoms with van der Waals surface area (Å²) in [6, 6.07) is 11.7. The van der Waals surface area contributed by atoms with Crippen LogP contribution >= 0.6 is 11.8 Å². The molecule has 2 heterocycles. The molecule has 1 aromatic heterocycles. The average Bonchev–Trinajstić information content (AvgIpc) is 2.52. The van der Waals surface area contributed by atoms with Crippen molar-refractivity contribution >= 4 is 17.7 Å². The molecule has 1 aliphatic heterocycles. The number of nitrogens with one attached hydrogen (secondary N) is 2. The number of pyridine rings is 1. The molecule has 1 atom stereocenters. The maximum Gasteiger partial charge on any atom is 0.260 e. The predicted octanol–water partition coefficient (Wildman–Crippen LogP) is 2.44. The molecule has 0 radical (unpaired) electrons. The number of hydrogen-bond acceptors (Lipinski definition) is 3. The number of rotatable bonds is 3. The van der Waals surface area contributed by atoms with Gasteiger partial charge in [0.05, 0.1) is 0 Å². The van der Waals surface area contributed by atoms with E-state index in [1.807, 2.05) is 17.8 Å². The summed E-state index contributed by atoms with van der Waals surface area (Å²) in [7, 11) is 0. The molecule has 3 rings (SSSR count). The minimum Gasteiger partial charge on any atom is -0.350 e. The van der Waals surface area contributed by atoms with Crippen LogP contribution in [-0.4, -0.2) is 23.2 Å². The molecule has 4 nitrogen and oxygen atoms in total. The molecular weight excluding hydrogens is 296 g/mol. The number of aryl methyl sites for hydroxylation is 2. The topological polar surface area (TPSA) is 62.0 Å². The predicted molar refractivity (Wildman–Crippen MR) is 89.5 cm³/mol. The number of fused-ring (bicyclic) bond motifs is 1. The van der Waals surface area contributed by atoms with Crippen LogP contribution in [0.3, 0.4) is 0 Å². The van der Waals surface area contributed by atoms with Crippen LogP contribution in [0.25, 0.3) is 0 Å². The molecule has 114 valence electrons. The lowest BCUT2D eigenvalue weighted by atomic mass is 10.0. The minimum absolute atomic E-state index is 0.166. The van der Waals surface area contributed by atoms with Gasteiger partial charge in [-0.15, -0.1) is 0 Å². The summed E-state index contributed by atoms with van der Waals surface area (Å²) in [5, 5.41) is 3.14. The van der Waals surface area contributed by atoms with Crippen molar-refractivity contribution in [1.82, 2.24) is 10.3 Å². The van der Waals surface area contributed by atoms with Gasteiger partial charge in [-0.2, -0.15) is 11.8 Å². The van der Waals surface area contributed by atoms with E-state index in [0.717, 1.165) is 17.9 Å². The van der Waals surface area contributed by atoms with Crippen LogP contribution in [0, 0.1) is 6.92 Å². The molecule has 0 bridgehead atoms. The summed E-state index contributed by atoms with van der Waals surface area (Å²) < 4.78 is 0. The summed E-state index contributed by atoms with van der Waals surface area (Å²) in [4.78, 5) is 26.7. The Bertz CT molecular complexity index is 754. The van der Waals surface area contributed by atoms with Gasteiger partial charge in [-0.05, 0) is 42.4 Å². The number of carbonyl (C=O) groups excluding carboxylic acids is 1. The highest BCUT2D eigenvalue weighted by Gasteiger charge is 2.21. The quantitative estimate of drug-likeness (QED) is 0.915. The van der Waals surface area contributed by atoms with E-state index in [-0.39, 0.29) is 22.3 Å². The second-order valence-electron chi connectivity index (χ2n) is 5.40. The largest absolute Gasteiger partial charge is 0.350 e. The molecule has 0 saturated heterocycles. The van der Waals surface area contributed by atoms with Crippen LogP contribution in [0.4, 0.5) is 0 Å². The SMILES string of the molecule is Cc1ccc(C(=O)NC[C@@H]2SCCc3ccccc32)c(=O)[nH]1. The maximum absolute atomic E-state index is 12.2. The summed E-state index contributed by atoms with van der Waals surface area (Å²) in [6.07, 6.45) is 1.07. The van der Waals surface area contributed by atoms with Crippen molar-refractivity contribution in [3.63, 3.8) is 0 Å². The fourth-order valence-corrected chi connectivity index (χ4v) is 3.91. The molecule has 5 heteroatoms. The number of carbonyl (C=O) groups is 1. The van der Waals surface area contributed by atoms with Crippen LogP contribution in [0.2, 0.25) is 0 Å². The lowest BCUT2D eigenvalue weighted by Crippen LogP contribution is -2.33. The van der Waals surface area contributed by atoms with Crippen molar-refractivity contribution in [2.24, 2.45) is 0 Å². The molecule has 1 aromatic carbocycles. The standard InChI is InChI=1S/C17H18N2O2S/c1-11-6-7-14(17(21)19-11)16(20)18-10-15-13-5-3-2-4-12(13)8-9-22-15/h2-7,15H,8-10H2,1H3,(H,18,20)(H,19,21)/t15-/m0/s1. The highest BCUT2D eigenvalue weighted by molar-refractivity contribution is 7.99. The number of H-pyrrole nitrogens is 1. The first kappa shape index (κ1) is 14.9. The second kappa shape index (κ2) is 6.40. The van der Waals surface area contributed by atoms with Gasteiger partial charge in [0.1, 0.15) is 5.56 Å². The van der Waals surface area contributed by atoms with Crippen molar-refractivity contribution in [3.8, 4) is 0 Å². The Morgan fingerprint density at radius 3 is 2.95 bits per heavy atom. The highest BCUT2D eigenvalue weighted by Crippen LogP contribution is 2.35. The van der Waals surface area contributed by atoms with Gasteiger partial charge in [0, 0.05) is 17.5 Å². The van der Waals surface area contributed by atoms with Crippen LogP contribution in [0.15, 0.2) is 41.2 Å². The van der Waals surface area contributed by atoms with Gasteiger partial charge in [0.2, 0.25) is 0 Å². The van der Waals surface area contributed by atoms with Crippen molar-refractivity contribution in [3.05, 3.63) is 69.1 Å². The Labute approximate surface area is 133 Å². The van der Waals surface area contributed by atoms with Crippen molar-refractivity contribution in [2.45, 2.75) is 18.6 Å². The Balaban J connectivity index is 1.71. The van der Waals surface area contributed by atoms with Gasteiger partial charge in [0.15, 0.2) is 0 Å². The molecule has 0 fully saturated rings. The van der Waals surface area contributed by atoms with E-state index in [1.165, 1.54) is 11.1 Å². The van der Waals surface area contributed by atoms with Gasteiger partial charge >= 0.3 is 0 Å². The van der Waals surface area contributed by atoms with E-state index in [9.17, 15) is 9.59 Å². The molecular formula is C17H18N2O2S. The lowest BCUT2D eigenvalue weighted by molar-refractivity contribution is 0.0952. The van der Waals surface area contributed by atoms with Crippen LogP contribution in [0.1, 0.15) is 32.4 Å². The lowest BCUT2D eigenvalue weighted by Gasteiger charge is -2.25. The fourth-order valence-electron chi connectivity index (χ4n) is 2.68. The molecule has 1 amide bonds. The molecule has 2 aromatic rings. The summed E-state index contributed by atoms with van der Waals surface area (Å²) in [5.41, 5.74) is 3.22. The molecule has 0 spiro atoms.